The van der Waals surface area contributed by atoms with E-state index in [9.17, 15) is 9.59 Å². The number of nitrogens with one attached hydrogen (secondary N) is 1. The zero-order valence-electron chi connectivity index (χ0n) is 12.1. The number of esters is 1. The number of methoxy groups -OCH3 is 1. The highest BCUT2D eigenvalue weighted by molar-refractivity contribution is 5.90. The summed E-state index contributed by atoms with van der Waals surface area (Å²) in [4.78, 5) is 24.0. The Labute approximate surface area is 117 Å². The van der Waals surface area contributed by atoms with E-state index in [4.69, 9.17) is 9.47 Å². The van der Waals surface area contributed by atoms with Crippen molar-refractivity contribution in [3.8, 4) is 0 Å². The number of ether oxygens (including phenoxy) is 2. The Bertz CT molecular complexity index is 521. The van der Waals surface area contributed by atoms with Crippen LogP contribution >= 0.6 is 0 Å². The molecular formula is C15H19NO4. The highest BCUT2D eigenvalue weighted by Gasteiger charge is 3.12. The molecule has 0 aromatic heterocycles. The lowest BCUT2D eigenvalue weighted by molar-refractivity contribution is -0.609. The van der Waals surface area contributed by atoms with Gasteiger partial charge in [-0.05, 0) is 56.3 Å². The van der Waals surface area contributed by atoms with Crippen LogP contribution in [0, 0.1) is 40.9 Å². The van der Waals surface area contributed by atoms with E-state index in [0.717, 1.165) is 0 Å². The minimum atomic E-state index is -0.462. The van der Waals surface area contributed by atoms with Gasteiger partial charge in [0, 0.05) is 0 Å². The second-order valence-corrected chi connectivity index (χ2v) is 8.14. The molecule has 0 aromatic carbocycles. The quantitative estimate of drug-likeness (QED) is 0.770. The van der Waals surface area contributed by atoms with Gasteiger partial charge >= 0.3 is 12.1 Å². The molecule has 0 heterocycles. The second kappa shape index (κ2) is 2.60. The van der Waals surface area contributed by atoms with Gasteiger partial charge in [0.2, 0.25) is 0 Å². The Morgan fingerprint density at radius 3 is 1.90 bits per heavy atom. The summed E-state index contributed by atoms with van der Waals surface area (Å²) in [6.07, 6.45) is -0.305. The molecule has 0 aromatic rings. The molecule has 0 spiro atoms. The average molecular weight is 277 g/mol. The summed E-state index contributed by atoms with van der Waals surface area (Å²) in [6.45, 7) is 5.62. The molecule has 1 N–H and O–H groups in total. The van der Waals surface area contributed by atoms with E-state index in [2.05, 4.69) is 5.32 Å². The molecule has 0 saturated heterocycles. The molecule has 5 nitrogen and oxygen atoms in total. The fourth-order valence-corrected chi connectivity index (χ4v) is 6.84. The smallest absolute Gasteiger partial charge is 0.408 e. The maximum atomic E-state index is 12.0. The van der Waals surface area contributed by atoms with Gasteiger partial charge in [0.25, 0.3) is 0 Å². The van der Waals surface area contributed by atoms with E-state index in [1.165, 1.54) is 7.11 Å². The van der Waals surface area contributed by atoms with Crippen molar-refractivity contribution in [2.24, 2.45) is 40.9 Å². The third kappa shape index (κ3) is 0.704. The van der Waals surface area contributed by atoms with E-state index in [1.807, 2.05) is 20.8 Å². The number of rotatable bonds is 2. The van der Waals surface area contributed by atoms with Crippen LogP contribution in [0.25, 0.3) is 0 Å². The second-order valence-electron chi connectivity index (χ2n) is 8.14. The molecule has 5 heteroatoms. The predicted octanol–water partition coefficient (Wildman–Crippen LogP) is 1.17. The maximum absolute atomic E-state index is 12.0. The van der Waals surface area contributed by atoms with Crippen LogP contribution in [-0.4, -0.2) is 30.3 Å². The van der Waals surface area contributed by atoms with Crippen molar-refractivity contribution in [1.82, 2.24) is 5.32 Å². The molecule has 0 unspecified atom stereocenters. The number of carbonyl (C=O) groups excluding carboxylic acids is 2. The van der Waals surface area contributed by atoms with Crippen molar-refractivity contribution < 1.29 is 19.1 Å². The molecule has 6 aliphatic carbocycles. The Balaban J connectivity index is 1.32. The topological polar surface area (TPSA) is 64.6 Å². The average Bonchev–Trinajstić information content (AvgIpc) is 2.36. The summed E-state index contributed by atoms with van der Waals surface area (Å²) in [6, 6.07) is 0. The lowest BCUT2D eigenvalue weighted by Gasteiger charge is -3.09. The van der Waals surface area contributed by atoms with E-state index in [1.54, 1.807) is 0 Å². The lowest BCUT2D eigenvalue weighted by Crippen LogP contribution is -3.16. The molecule has 1 amide bonds. The summed E-state index contributed by atoms with van der Waals surface area (Å²) < 4.78 is 10.4. The monoisotopic (exact) mass is 277 g/mol. The highest BCUT2D eigenvalue weighted by atomic mass is 16.6. The summed E-state index contributed by atoms with van der Waals surface area (Å²) in [7, 11) is 1.48. The Morgan fingerprint density at radius 1 is 1.00 bits per heavy atom. The van der Waals surface area contributed by atoms with E-state index < -0.39 is 5.60 Å². The Hall–Kier alpha value is -1.26. The van der Waals surface area contributed by atoms with Gasteiger partial charge in [0.05, 0.1) is 18.1 Å². The normalized spacial score (nSPS) is 57.8. The summed E-state index contributed by atoms with van der Waals surface area (Å²) >= 11 is 0. The van der Waals surface area contributed by atoms with Gasteiger partial charge in [-0.25, -0.2) is 4.79 Å². The van der Waals surface area contributed by atoms with Crippen molar-refractivity contribution in [2.45, 2.75) is 31.9 Å². The molecule has 6 saturated carbocycles. The van der Waals surface area contributed by atoms with Gasteiger partial charge in [-0.1, -0.05) is 0 Å². The van der Waals surface area contributed by atoms with E-state index in [-0.39, 0.29) is 23.0 Å². The van der Waals surface area contributed by atoms with Crippen LogP contribution in [0.15, 0.2) is 0 Å². The van der Waals surface area contributed by atoms with Gasteiger partial charge in [-0.2, -0.15) is 0 Å². The molecular weight excluding hydrogens is 258 g/mol. The van der Waals surface area contributed by atoms with Gasteiger partial charge in [0.15, 0.2) is 0 Å². The maximum Gasteiger partial charge on any atom is 0.408 e. The standard InChI is InChI=1S/C15H19NO4/c1-13(2,3)20-12(18)16-15-8-5-9(15)7-10(15)6(8)14(5,7)11(17)19-4/h5-10H,1-4H3,(H,16,18). The first kappa shape index (κ1) is 11.4. The molecule has 20 heavy (non-hydrogen) atoms. The van der Waals surface area contributed by atoms with Crippen molar-refractivity contribution >= 4 is 12.1 Å². The fourth-order valence-electron chi connectivity index (χ4n) is 6.84. The largest absolute Gasteiger partial charge is 0.469 e. The number of hydrogen-bond donors (Lipinski definition) is 1. The summed E-state index contributed by atoms with van der Waals surface area (Å²) in [5.74, 6) is 2.95. The molecule has 0 radical (unpaired) electrons. The van der Waals surface area contributed by atoms with Crippen molar-refractivity contribution in [2.75, 3.05) is 7.11 Å². The first-order chi connectivity index (χ1) is 9.31. The zero-order chi connectivity index (χ0) is 14.2. The number of alkyl carbamates (subject to hydrolysis) is 1. The minimum absolute atomic E-state index is 0.00758. The van der Waals surface area contributed by atoms with Crippen LogP contribution in [0.3, 0.4) is 0 Å². The molecule has 108 valence electrons. The van der Waals surface area contributed by atoms with Gasteiger partial charge in [-0.15, -0.1) is 0 Å². The summed E-state index contributed by atoms with van der Waals surface area (Å²) in [5.41, 5.74) is -0.611. The molecule has 6 fully saturated rings. The SMILES string of the molecule is COC(=O)C12C3C4C1C1C2C3C41NC(=O)OC(C)(C)C. The van der Waals surface area contributed by atoms with Crippen LogP contribution in [0.5, 0.6) is 0 Å². The first-order valence-corrected chi connectivity index (χ1v) is 7.41. The van der Waals surface area contributed by atoms with Gasteiger partial charge in [0.1, 0.15) is 5.60 Å². The number of amides is 1. The highest BCUT2D eigenvalue weighted by Crippen LogP contribution is 3.07. The number of hydrogen-bond acceptors (Lipinski definition) is 4. The Morgan fingerprint density at radius 2 is 1.50 bits per heavy atom. The minimum Gasteiger partial charge on any atom is -0.469 e. The molecule has 6 aliphatic rings. The van der Waals surface area contributed by atoms with Crippen molar-refractivity contribution in [3.63, 3.8) is 0 Å². The van der Waals surface area contributed by atoms with Crippen LogP contribution in [0.4, 0.5) is 4.79 Å². The van der Waals surface area contributed by atoms with Gasteiger partial charge < -0.3 is 14.8 Å². The molecule has 0 bridgehead atoms. The summed E-state index contributed by atoms with van der Waals surface area (Å²) in [5, 5.41) is 3.12. The van der Waals surface area contributed by atoms with Crippen LogP contribution < -0.4 is 5.32 Å². The lowest BCUT2D eigenvalue weighted by atomic mass is 8.94. The Kier molecular flexibility index (Phi) is 1.48. The third-order valence-electron chi connectivity index (χ3n) is 6.89. The molecule has 0 atom stereocenters. The number of carbonyl (C=O) groups is 2. The van der Waals surface area contributed by atoms with E-state index in [0.29, 0.717) is 35.5 Å². The third-order valence-corrected chi connectivity index (χ3v) is 6.89. The molecule has 0 aliphatic heterocycles. The van der Waals surface area contributed by atoms with Crippen LogP contribution in [0.1, 0.15) is 20.8 Å². The van der Waals surface area contributed by atoms with Crippen LogP contribution in [0.2, 0.25) is 0 Å². The van der Waals surface area contributed by atoms with Crippen LogP contribution in [-0.2, 0) is 14.3 Å². The van der Waals surface area contributed by atoms with Crippen molar-refractivity contribution in [3.05, 3.63) is 0 Å². The predicted molar refractivity (Wildman–Crippen MR) is 67.5 cm³/mol. The van der Waals surface area contributed by atoms with Crippen molar-refractivity contribution in [1.29, 1.82) is 0 Å². The zero-order valence-corrected chi connectivity index (χ0v) is 12.1. The van der Waals surface area contributed by atoms with Gasteiger partial charge in [-0.3, -0.25) is 4.79 Å². The van der Waals surface area contributed by atoms with E-state index >= 15 is 0 Å². The molecule has 6 rings (SSSR count). The first-order valence-electron chi connectivity index (χ1n) is 7.41. The fraction of sp³-hybridized carbons (Fsp3) is 0.867.